The lowest BCUT2D eigenvalue weighted by atomic mass is 10.1. The van der Waals surface area contributed by atoms with Gasteiger partial charge in [-0.3, -0.25) is 4.79 Å². The first-order chi connectivity index (χ1) is 12.4. The van der Waals surface area contributed by atoms with E-state index in [1.165, 1.54) is 10.4 Å². The van der Waals surface area contributed by atoms with Crippen LogP contribution >= 0.6 is 0 Å². The summed E-state index contributed by atoms with van der Waals surface area (Å²) < 4.78 is 10.3. The summed E-state index contributed by atoms with van der Waals surface area (Å²) in [5.74, 6) is -0.167. The van der Waals surface area contributed by atoms with Gasteiger partial charge in [-0.2, -0.15) is 9.90 Å². The Bertz CT molecular complexity index is 757. The number of aromatic nitrogens is 3. The predicted molar refractivity (Wildman–Crippen MR) is 99.8 cm³/mol. The van der Waals surface area contributed by atoms with Crippen LogP contribution in [-0.2, 0) is 9.47 Å². The summed E-state index contributed by atoms with van der Waals surface area (Å²) in [4.78, 5) is 16.3. The second-order valence-corrected chi connectivity index (χ2v) is 6.51. The number of rotatable bonds is 8. The Morgan fingerprint density at radius 1 is 1.19 bits per heavy atom. The van der Waals surface area contributed by atoms with Gasteiger partial charge in [0.15, 0.2) is 5.69 Å². The maximum Gasteiger partial charge on any atom is 0.276 e. The van der Waals surface area contributed by atoms with E-state index < -0.39 is 0 Å². The third-order valence-electron chi connectivity index (χ3n) is 4.29. The average molecular weight is 360 g/mol. The van der Waals surface area contributed by atoms with Crippen molar-refractivity contribution < 1.29 is 14.3 Å². The van der Waals surface area contributed by atoms with Crippen molar-refractivity contribution in [3.63, 3.8) is 0 Å². The van der Waals surface area contributed by atoms with Crippen LogP contribution in [0.2, 0.25) is 0 Å². The van der Waals surface area contributed by atoms with E-state index in [1.54, 1.807) is 26.0 Å². The number of hydrogen-bond donors (Lipinski definition) is 0. The zero-order valence-corrected chi connectivity index (χ0v) is 16.4. The lowest BCUT2D eigenvalue weighted by Crippen LogP contribution is -2.43. The lowest BCUT2D eigenvalue weighted by molar-refractivity contribution is 0.0473. The number of ether oxygens (including phenoxy) is 2. The van der Waals surface area contributed by atoms with E-state index >= 15 is 0 Å². The standard InChI is InChI=1S/C19H28N4O3/c1-13-7-8-17(14(2)11-13)23-20-16(4)18(21-23)19(24)22(9-10-25-5)15(3)12-26-6/h7-8,11,15H,9-10,12H2,1-6H3/t15-/m1/s1. The Morgan fingerprint density at radius 2 is 1.92 bits per heavy atom. The highest BCUT2D eigenvalue weighted by Crippen LogP contribution is 2.17. The summed E-state index contributed by atoms with van der Waals surface area (Å²) in [6.07, 6.45) is 0. The third-order valence-corrected chi connectivity index (χ3v) is 4.29. The Hall–Kier alpha value is -2.25. The van der Waals surface area contributed by atoms with Crippen LogP contribution in [0.5, 0.6) is 0 Å². The Kier molecular flexibility index (Phi) is 6.88. The van der Waals surface area contributed by atoms with Crippen LogP contribution in [0, 0.1) is 20.8 Å². The van der Waals surface area contributed by atoms with E-state index in [2.05, 4.69) is 16.3 Å². The molecule has 1 atom stereocenters. The molecule has 1 aromatic carbocycles. The first-order valence-electron chi connectivity index (χ1n) is 8.69. The summed E-state index contributed by atoms with van der Waals surface area (Å²) in [6.45, 7) is 9.16. The molecule has 0 radical (unpaired) electrons. The van der Waals surface area contributed by atoms with Gasteiger partial charge in [0.05, 0.1) is 30.6 Å². The highest BCUT2D eigenvalue weighted by molar-refractivity contribution is 5.93. The molecule has 142 valence electrons. The van der Waals surface area contributed by atoms with Gasteiger partial charge < -0.3 is 14.4 Å². The molecule has 1 heterocycles. The maximum absolute atomic E-state index is 13.1. The van der Waals surface area contributed by atoms with Crippen LogP contribution < -0.4 is 0 Å². The molecule has 0 saturated carbocycles. The molecule has 7 nitrogen and oxygen atoms in total. The number of benzene rings is 1. The first kappa shape index (κ1) is 20.1. The SMILES string of the molecule is COCCN(C(=O)c1nn(-c2ccc(C)cc2C)nc1C)[C@H](C)COC. The van der Waals surface area contributed by atoms with Crippen molar-refractivity contribution in [1.29, 1.82) is 0 Å². The Balaban J connectivity index is 2.34. The minimum Gasteiger partial charge on any atom is -0.383 e. The highest BCUT2D eigenvalue weighted by atomic mass is 16.5. The van der Waals surface area contributed by atoms with Crippen molar-refractivity contribution >= 4 is 5.91 Å². The number of methoxy groups -OCH3 is 2. The lowest BCUT2D eigenvalue weighted by Gasteiger charge is -2.28. The maximum atomic E-state index is 13.1. The summed E-state index contributed by atoms with van der Waals surface area (Å²) in [7, 11) is 3.24. The molecule has 2 rings (SSSR count). The van der Waals surface area contributed by atoms with Gasteiger partial charge in [0.1, 0.15) is 0 Å². The van der Waals surface area contributed by atoms with Crippen LogP contribution in [-0.4, -0.2) is 65.8 Å². The smallest absolute Gasteiger partial charge is 0.276 e. The fraction of sp³-hybridized carbons (Fsp3) is 0.526. The second kappa shape index (κ2) is 8.91. The number of aryl methyl sites for hydroxylation is 3. The van der Waals surface area contributed by atoms with Crippen LogP contribution in [0.25, 0.3) is 5.69 Å². The molecule has 0 aliphatic heterocycles. The number of amides is 1. The van der Waals surface area contributed by atoms with Crippen LogP contribution in [0.15, 0.2) is 18.2 Å². The molecule has 1 amide bonds. The van der Waals surface area contributed by atoms with Crippen molar-refractivity contribution in [3.8, 4) is 5.69 Å². The topological polar surface area (TPSA) is 69.5 Å². The monoisotopic (exact) mass is 360 g/mol. The van der Waals surface area contributed by atoms with E-state index in [4.69, 9.17) is 9.47 Å². The van der Waals surface area contributed by atoms with Crippen LogP contribution in [0.4, 0.5) is 0 Å². The number of carbonyl (C=O) groups is 1. The minimum absolute atomic E-state index is 0.0895. The van der Waals surface area contributed by atoms with E-state index in [9.17, 15) is 4.79 Å². The number of carbonyl (C=O) groups excluding carboxylic acids is 1. The second-order valence-electron chi connectivity index (χ2n) is 6.51. The number of hydrogen-bond acceptors (Lipinski definition) is 5. The van der Waals surface area contributed by atoms with Gasteiger partial charge in [0.2, 0.25) is 0 Å². The van der Waals surface area contributed by atoms with Gasteiger partial charge in [0.25, 0.3) is 5.91 Å². The highest BCUT2D eigenvalue weighted by Gasteiger charge is 2.26. The zero-order chi connectivity index (χ0) is 19.3. The predicted octanol–water partition coefficient (Wildman–Crippen LogP) is 2.32. The molecule has 1 aromatic heterocycles. The minimum atomic E-state index is -0.167. The van der Waals surface area contributed by atoms with Crippen molar-refractivity contribution in [2.24, 2.45) is 0 Å². The fourth-order valence-electron chi connectivity index (χ4n) is 2.89. The van der Waals surface area contributed by atoms with Crippen molar-refractivity contribution in [2.75, 3.05) is 34.0 Å². The van der Waals surface area contributed by atoms with Gasteiger partial charge in [-0.25, -0.2) is 0 Å². The fourth-order valence-corrected chi connectivity index (χ4v) is 2.89. The molecular formula is C19H28N4O3. The van der Waals surface area contributed by atoms with Crippen molar-refractivity contribution in [1.82, 2.24) is 19.9 Å². The summed E-state index contributed by atoms with van der Waals surface area (Å²) >= 11 is 0. The molecule has 0 saturated heterocycles. The van der Waals surface area contributed by atoms with Gasteiger partial charge in [0, 0.05) is 20.8 Å². The van der Waals surface area contributed by atoms with E-state index in [0.29, 0.717) is 31.1 Å². The Morgan fingerprint density at radius 3 is 2.54 bits per heavy atom. The van der Waals surface area contributed by atoms with Gasteiger partial charge in [-0.15, -0.1) is 5.10 Å². The van der Waals surface area contributed by atoms with Gasteiger partial charge in [-0.1, -0.05) is 17.7 Å². The van der Waals surface area contributed by atoms with E-state index in [1.807, 2.05) is 32.9 Å². The molecule has 0 bridgehead atoms. The summed E-state index contributed by atoms with van der Waals surface area (Å²) in [6, 6.07) is 5.96. The molecule has 0 fully saturated rings. The molecule has 0 N–H and O–H groups in total. The third kappa shape index (κ3) is 4.47. The van der Waals surface area contributed by atoms with E-state index in [-0.39, 0.29) is 11.9 Å². The van der Waals surface area contributed by atoms with E-state index in [0.717, 1.165) is 11.3 Å². The quantitative estimate of drug-likeness (QED) is 0.723. The largest absolute Gasteiger partial charge is 0.383 e. The summed E-state index contributed by atoms with van der Waals surface area (Å²) in [5.41, 5.74) is 4.05. The number of nitrogens with zero attached hydrogens (tertiary/aromatic N) is 4. The Labute approximate surface area is 154 Å². The normalized spacial score (nSPS) is 12.2. The molecule has 0 aliphatic rings. The van der Waals surface area contributed by atoms with Gasteiger partial charge >= 0.3 is 0 Å². The first-order valence-corrected chi connectivity index (χ1v) is 8.69. The van der Waals surface area contributed by atoms with Crippen LogP contribution in [0.3, 0.4) is 0 Å². The summed E-state index contributed by atoms with van der Waals surface area (Å²) in [5, 5.41) is 8.93. The molecule has 2 aromatic rings. The molecule has 0 unspecified atom stereocenters. The van der Waals surface area contributed by atoms with Crippen molar-refractivity contribution in [3.05, 3.63) is 40.7 Å². The van der Waals surface area contributed by atoms with Crippen LogP contribution in [0.1, 0.15) is 34.2 Å². The molecule has 7 heteroatoms. The molecule has 26 heavy (non-hydrogen) atoms. The molecular weight excluding hydrogens is 332 g/mol. The molecule has 0 spiro atoms. The zero-order valence-electron chi connectivity index (χ0n) is 16.4. The van der Waals surface area contributed by atoms with Gasteiger partial charge in [-0.05, 0) is 39.3 Å². The van der Waals surface area contributed by atoms with Crippen molar-refractivity contribution in [2.45, 2.75) is 33.7 Å². The average Bonchev–Trinajstić information content (AvgIpc) is 2.96. The molecule has 0 aliphatic carbocycles.